The molecule has 0 saturated heterocycles. The second kappa shape index (κ2) is 27.1. The lowest BCUT2D eigenvalue weighted by atomic mass is 9.84. The number of para-hydroxylation sites is 1. The Balaban J connectivity index is 0. The predicted octanol–water partition coefficient (Wildman–Crippen LogP) is 8.11. The average Bonchev–Trinajstić information content (AvgIpc) is 3.82. The van der Waals surface area contributed by atoms with Crippen LogP contribution < -0.4 is 37.1 Å². The van der Waals surface area contributed by atoms with Gasteiger partial charge in [0.15, 0.2) is 11.6 Å². The molecule has 2 saturated carbocycles. The SMILES string of the molecule is CC(=O)[C@@H](N)C(C)(C)C.CC(=O)[C@@H](NC(=O)NC1CCCC1)C(C)(C)C.CC(=O)[C@@H](NC(=O)Oc1ccccc1)C(C)(C)C.CC(C)(C)[C@H](NC(=O)NC1CCCC1)C(=O)O.Cl. The maximum Gasteiger partial charge on any atom is 0.413 e. The third-order valence-electron chi connectivity index (χ3n) is 10.2. The van der Waals surface area contributed by atoms with E-state index in [0.717, 1.165) is 38.5 Å². The van der Waals surface area contributed by atoms with Crippen LogP contribution in [0.15, 0.2) is 30.3 Å². The molecule has 16 heteroatoms. The number of carboxylic acid groups (broad SMARTS) is 1. The number of nitrogens with two attached hydrogens (primary N) is 1. The first-order valence-corrected chi connectivity index (χ1v) is 21.4. The fraction of sp³-hybridized carbons (Fsp3) is 0.717. The third kappa shape index (κ3) is 25.0. The normalized spacial score (nSPS) is 16.2. The van der Waals surface area contributed by atoms with Gasteiger partial charge in [0.05, 0.1) is 18.1 Å². The minimum Gasteiger partial charge on any atom is -0.480 e. The van der Waals surface area contributed by atoms with E-state index in [4.69, 9.17) is 15.6 Å². The molecule has 2 aliphatic rings. The summed E-state index contributed by atoms with van der Waals surface area (Å²) in [5.41, 5.74) is 4.35. The number of carbonyl (C=O) groups is 7. The van der Waals surface area contributed by atoms with Crippen molar-refractivity contribution in [2.45, 2.75) is 191 Å². The van der Waals surface area contributed by atoms with E-state index >= 15 is 0 Å². The molecule has 3 rings (SSSR count). The van der Waals surface area contributed by atoms with Gasteiger partial charge in [-0.15, -0.1) is 12.4 Å². The zero-order valence-electron chi connectivity index (χ0n) is 40.2. The summed E-state index contributed by atoms with van der Waals surface area (Å²) in [5.74, 6) is -0.584. The Morgan fingerprint density at radius 3 is 1.18 bits per heavy atom. The average molecular weight is 898 g/mol. The van der Waals surface area contributed by atoms with Gasteiger partial charge in [-0.2, -0.15) is 0 Å². The molecule has 0 bridgehead atoms. The highest BCUT2D eigenvalue weighted by Crippen LogP contribution is 2.23. The summed E-state index contributed by atoms with van der Waals surface area (Å²) in [5, 5.41) is 22.7. The molecule has 356 valence electrons. The first-order chi connectivity index (χ1) is 27.8. The fourth-order valence-corrected chi connectivity index (χ4v) is 6.71. The molecule has 1 aromatic rings. The first-order valence-electron chi connectivity index (χ1n) is 21.4. The number of ketones is 3. The van der Waals surface area contributed by atoms with Gasteiger partial charge in [0.25, 0.3) is 0 Å². The summed E-state index contributed by atoms with van der Waals surface area (Å²) in [6.45, 7) is 27.3. The Bertz CT molecular complexity index is 1510. The Morgan fingerprint density at radius 2 is 0.903 bits per heavy atom. The number of carbonyl (C=O) groups excluding carboxylic acids is 6. The standard InChI is InChI=1S/C14H19NO3.C13H24N2O2.C12H22N2O3.C7H15NO.ClH/c1-10(16)12(14(2,3)4)15-13(17)18-11-8-6-5-7-9-11;1-9(16)11(13(2,3)4)15-12(17)14-10-7-5-6-8-10;1-12(2,3)9(10(15)16)14-11(17)13-8-6-4-5-7-8;1-5(9)6(8)7(2,3)4;/h5-9,12H,1-4H3,(H,15,17);10-11H,5-8H2,1-4H3,(H2,14,15,17);8-9H,4-7H2,1-3H3,(H,15,16)(H2,13,14,17);6H,8H2,1-4H3;1H/t12-;11-;9-;6-;/m1111./s1. The number of nitrogens with one attached hydrogen (secondary N) is 5. The van der Waals surface area contributed by atoms with E-state index in [1.807, 2.05) is 68.4 Å². The molecule has 1 aromatic carbocycles. The summed E-state index contributed by atoms with van der Waals surface area (Å²) in [7, 11) is 0. The number of halogens is 1. The van der Waals surface area contributed by atoms with Gasteiger partial charge in [0.1, 0.15) is 17.6 Å². The van der Waals surface area contributed by atoms with Gasteiger partial charge in [-0.05, 0) is 80.2 Å². The second-order valence-electron chi connectivity index (χ2n) is 20.5. The largest absolute Gasteiger partial charge is 0.480 e. The fourth-order valence-electron chi connectivity index (χ4n) is 6.71. The van der Waals surface area contributed by atoms with Crippen LogP contribution in [0.2, 0.25) is 0 Å². The highest BCUT2D eigenvalue weighted by molar-refractivity contribution is 5.88. The molecule has 0 spiro atoms. The van der Waals surface area contributed by atoms with Crippen molar-refractivity contribution in [3.8, 4) is 5.75 Å². The molecular formula is C46H81ClN6O9. The molecule has 8 N–H and O–H groups in total. The van der Waals surface area contributed by atoms with E-state index in [2.05, 4.69) is 26.6 Å². The van der Waals surface area contributed by atoms with Crippen LogP contribution >= 0.6 is 12.4 Å². The maximum absolute atomic E-state index is 11.8. The number of carboxylic acids is 1. The van der Waals surface area contributed by atoms with Crippen molar-refractivity contribution >= 4 is 53.9 Å². The zero-order valence-corrected chi connectivity index (χ0v) is 41.0. The number of hydrogen-bond acceptors (Lipinski definition) is 9. The molecule has 62 heavy (non-hydrogen) atoms. The van der Waals surface area contributed by atoms with Gasteiger partial charge in [-0.25, -0.2) is 19.2 Å². The summed E-state index contributed by atoms with van der Waals surface area (Å²) in [6.07, 6.45) is 8.08. The van der Waals surface area contributed by atoms with Crippen LogP contribution in [0.4, 0.5) is 14.4 Å². The van der Waals surface area contributed by atoms with Crippen LogP contribution in [-0.4, -0.2) is 82.8 Å². The lowest BCUT2D eigenvalue weighted by Crippen LogP contribution is -2.53. The molecule has 0 aromatic heterocycles. The van der Waals surface area contributed by atoms with E-state index in [1.54, 1.807) is 45.0 Å². The van der Waals surface area contributed by atoms with Crippen molar-refractivity contribution in [2.24, 2.45) is 27.4 Å². The highest BCUT2D eigenvalue weighted by atomic mass is 35.5. The van der Waals surface area contributed by atoms with Crippen LogP contribution in [0.25, 0.3) is 0 Å². The van der Waals surface area contributed by atoms with Gasteiger partial charge in [0, 0.05) is 12.1 Å². The number of hydrogen-bond donors (Lipinski definition) is 7. The summed E-state index contributed by atoms with van der Waals surface area (Å²) in [6, 6.07) is 6.44. The number of urea groups is 2. The molecule has 5 amide bonds. The van der Waals surface area contributed by atoms with Crippen molar-refractivity contribution in [3.05, 3.63) is 30.3 Å². The van der Waals surface area contributed by atoms with Crippen molar-refractivity contribution in [3.63, 3.8) is 0 Å². The quantitative estimate of drug-likeness (QED) is 0.119. The molecule has 15 nitrogen and oxygen atoms in total. The lowest BCUT2D eigenvalue weighted by Gasteiger charge is -2.29. The first kappa shape index (κ1) is 59.9. The van der Waals surface area contributed by atoms with E-state index in [1.165, 1.54) is 33.6 Å². The van der Waals surface area contributed by atoms with Crippen LogP contribution in [0.3, 0.4) is 0 Å². The number of aliphatic carboxylic acids is 1. The number of benzene rings is 1. The van der Waals surface area contributed by atoms with Gasteiger partial charge < -0.3 is 42.2 Å². The summed E-state index contributed by atoms with van der Waals surface area (Å²) in [4.78, 5) is 79.9. The molecule has 4 atom stereocenters. The van der Waals surface area contributed by atoms with E-state index in [9.17, 15) is 33.6 Å². The van der Waals surface area contributed by atoms with Gasteiger partial charge in [0.2, 0.25) is 0 Å². The summed E-state index contributed by atoms with van der Waals surface area (Å²) >= 11 is 0. The van der Waals surface area contributed by atoms with E-state index in [-0.39, 0.29) is 76.2 Å². The molecule has 0 radical (unpaired) electrons. The topological polar surface area (TPSA) is 235 Å². The third-order valence-corrected chi connectivity index (χ3v) is 10.2. The van der Waals surface area contributed by atoms with E-state index < -0.39 is 35.6 Å². The van der Waals surface area contributed by atoms with Crippen molar-refractivity contribution in [1.29, 1.82) is 0 Å². The Kier molecular flexibility index (Phi) is 26.1. The molecule has 0 aliphatic heterocycles. The molecule has 0 heterocycles. The number of Topliss-reactive ketones (excluding diaryl/α,β-unsaturated/α-hetero) is 3. The molecule has 0 unspecified atom stereocenters. The van der Waals surface area contributed by atoms with Gasteiger partial charge in [-0.3, -0.25) is 14.4 Å². The van der Waals surface area contributed by atoms with Crippen LogP contribution in [0.1, 0.15) is 155 Å². The molecule has 2 aliphatic carbocycles. The molecule has 2 fully saturated rings. The monoisotopic (exact) mass is 897 g/mol. The number of rotatable bonds is 10. The lowest BCUT2D eigenvalue weighted by molar-refractivity contribution is -0.142. The van der Waals surface area contributed by atoms with Crippen molar-refractivity contribution in [2.75, 3.05) is 0 Å². The zero-order chi connectivity index (χ0) is 47.5. The highest BCUT2D eigenvalue weighted by Gasteiger charge is 2.34. The number of ether oxygens (including phenoxy) is 1. The van der Waals surface area contributed by atoms with Crippen LogP contribution in [-0.2, 0) is 19.2 Å². The van der Waals surface area contributed by atoms with Gasteiger partial charge >= 0.3 is 24.1 Å². The smallest absolute Gasteiger partial charge is 0.413 e. The molecular weight excluding hydrogens is 816 g/mol. The Morgan fingerprint density at radius 1 is 0.565 bits per heavy atom. The Hall–Kier alpha value is -4.24. The van der Waals surface area contributed by atoms with Crippen molar-refractivity contribution < 1.29 is 43.4 Å². The minimum absolute atomic E-state index is 0. The van der Waals surface area contributed by atoms with Gasteiger partial charge in [-0.1, -0.05) is 127 Å². The van der Waals surface area contributed by atoms with Crippen LogP contribution in [0, 0.1) is 21.7 Å². The maximum atomic E-state index is 11.8. The number of amides is 5. The summed E-state index contributed by atoms with van der Waals surface area (Å²) < 4.78 is 5.09. The second-order valence-corrected chi connectivity index (χ2v) is 20.5. The van der Waals surface area contributed by atoms with Crippen molar-refractivity contribution in [1.82, 2.24) is 26.6 Å². The Labute approximate surface area is 377 Å². The predicted molar refractivity (Wildman–Crippen MR) is 248 cm³/mol. The van der Waals surface area contributed by atoms with E-state index in [0.29, 0.717) is 5.75 Å². The van der Waals surface area contributed by atoms with Crippen LogP contribution in [0.5, 0.6) is 5.75 Å². The minimum atomic E-state index is -1.00.